The number of benzene rings is 2. The molecule has 0 radical (unpaired) electrons. The number of hydrogen-bond donors (Lipinski definition) is 1. The molecule has 1 unspecified atom stereocenters. The number of hydrogen-bond acceptors (Lipinski definition) is 3. The quantitative estimate of drug-likeness (QED) is 0.676. The molecule has 0 aliphatic carbocycles. The smallest absolute Gasteiger partial charge is 0.307 e. The van der Waals surface area contributed by atoms with Gasteiger partial charge in [0.1, 0.15) is 5.82 Å². The van der Waals surface area contributed by atoms with Gasteiger partial charge in [-0.05, 0) is 35.9 Å². The first-order valence-corrected chi connectivity index (χ1v) is 8.57. The highest BCUT2D eigenvalue weighted by atomic mass is 79.9. The average Bonchev–Trinajstić information content (AvgIpc) is 2.56. The fraction of sp³-hybridized carbons (Fsp3) is 0.176. The fourth-order valence-corrected chi connectivity index (χ4v) is 2.73. The minimum atomic E-state index is -0.636. The highest BCUT2D eigenvalue weighted by Gasteiger charge is 2.21. The Balaban J connectivity index is 2.27. The first-order chi connectivity index (χ1) is 11.4. The minimum absolute atomic E-state index is 0.0561. The lowest BCUT2D eigenvalue weighted by Gasteiger charge is -2.18. The molecule has 1 atom stereocenters. The van der Waals surface area contributed by atoms with Gasteiger partial charge in [0.05, 0.1) is 25.1 Å². The maximum Gasteiger partial charge on any atom is 0.307 e. The topological polar surface area (TPSA) is 55.4 Å². The van der Waals surface area contributed by atoms with Crippen LogP contribution in [0.25, 0.3) is 0 Å². The van der Waals surface area contributed by atoms with Crippen LogP contribution < -0.4 is 5.32 Å². The number of carbonyl (C=O) groups is 2. The standard InChI is InChI=1S/C17H14Br2FNO3/c1-24-16(22)9-15(10-2-4-11(18)5-3-10)21-17(23)13-8-12(19)6-7-14(13)20/h2-8,15H,9H2,1H3,(H,21,23). The van der Waals surface area contributed by atoms with Crippen molar-refractivity contribution in [1.82, 2.24) is 5.32 Å². The second-order valence-corrected chi connectivity index (χ2v) is 6.81. The Bertz CT molecular complexity index is 750. The summed E-state index contributed by atoms with van der Waals surface area (Å²) >= 11 is 6.54. The van der Waals surface area contributed by atoms with Gasteiger partial charge in [-0.2, -0.15) is 0 Å². The highest BCUT2D eigenvalue weighted by molar-refractivity contribution is 9.10. The third kappa shape index (κ3) is 4.88. The van der Waals surface area contributed by atoms with Gasteiger partial charge in [0, 0.05) is 8.95 Å². The van der Waals surface area contributed by atoms with E-state index in [1.807, 2.05) is 0 Å². The number of rotatable bonds is 5. The lowest BCUT2D eigenvalue weighted by molar-refractivity contribution is -0.141. The molecule has 7 heteroatoms. The second kappa shape index (κ2) is 8.39. The van der Waals surface area contributed by atoms with Crippen LogP contribution in [0.3, 0.4) is 0 Å². The van der Waals surface area contributed by atoms with Gasteiger partial charge in [-0.25, -0.2) is 4.39 Å². The van der Waals surface area contributed by atoms with Gasteiger partial charge in [-0.15, -0.1) is 0 Å². The maximum atomic E-state index is 13.9. The van der Waals surface area contributed by atoms with Crippen LogP contribution in [-0.2, 0) is 9.53 Å². The Morgan fingerprint density at radius 3 is 2.38 bits per heavy atom. The Morgan fingerprint density at radius 2 is 1.75 bits per heavy atom. The Kier molecular flexibility index (Phi) is 6.51. The summed E-state index contributed by atoms with van der Waals surface area (Å²) < 4.78 is 20.0. The second-order valence-electron chi connectivity index (χ2n) is 4.98. The summed E-state index contributed by atoms with van der Waals surface area (Å²) in [5, 5.41) is 2.69. The van der Waals surface area contributed by atoms with Crippen molar-refractivity contribution in [3.05, 3.63) is 68.4 Å². The zero-order valence-corrected chi connectivity index (χ0v) is 15.9. The van der Waals surface area contributed by atoms with Gasteiger partial charge in [-0.1, -0.05) is 44.0 Å². The summed E-state index contributed by atoms with van der Waals surface area (Å²) in [6.45, 7) is 0. The number of esters is 1. The van der Waals surface area contributed by atoms with Crippen molar-refractivity contribution in [2.75, 3.05) is 7.11 Å². The summed E-state index contributed by atoms with van der Waals surface area (Å²) in [4.78, 5) is 24.0. The average molecular weight is 459 g/mol. The van der Waals surface area contributed by atoms with Gasteiger partial charge in [0.15, 0.2) is 0 Å². The van der Waals surface area contributed by atoms with Crippen LogP contribution in [-0.4, -0.2) is 19.0 Å². The normalized spacial score (nSPS) is 11.7. The van der Waals surface area contributed by atoms with Crippen LogP contribution >= 0.6 is 31.9 Å². The number of nitrogens with one attached hydrogen (secondary N) is 1. The van der Waals surface area contributed by atoms with Gasteiger partial charge in [0.25, 0.3) is 5.91 Å². The molecule has 0 bridgehead atoms. The Hall–Kier alpha value is -1.73. The molecular weight excluding hydrogens is 445 g/mol. The van der Waals surface area contributed by atoms with Crippen molar-refractivity contribution < 1.29 is 18.7 Å². The first-order valence-electron chi connectivity index (χ1n) is 6.99. The molecule has 0 heterocycles. The monoisotopic (exact) mass is 457 g/mol. The molecule has 4 nitrogen and oxygen atoms in total. The molecule has 0 saturated carbocycles. The van der Waals surface area contributed by atoms with Gasteiger partial charge < -0.3 is 10.1 Å². The fourth-order valence-electron chi connectivity index (χ4n) is 2.10. The summed E-state index contributed by atoms with van der Waals surface area (Å²) in [5.74, 6) is -1.72. The third-order valence-electron chi connectivity index (χ3n) is 3.35. The summed E-state index contributed by atoms with van der Waals surface area (Å²) in [6, 6.07) is 10.6. The van der Waals surface area contributed by atoms with E-state index < -0.39 is 23.7 Å². The van der Waals surface area contributed by atoms with Crippen molar-refractivity contribution >= 4 is 43.7 Å². The van der Waals surface area contributed by atoms with Crippen LogP contribution in [0.1, 0.15) is 28.4 Å². The van der Waals surface area contributed by atoms with E-state index in [4.69, 9.17) is 0 Å². The molecular formula is C17H14Br2FNO3. The summed E-state index contributed by atoms with van der Waals surface area (Å²) in [7, 11) is 1.27. The molecule has 126 valence electrons. The maximum absolute atomic E-state index is 13.9. The van der Waals surface area contributed by atoms with E-state index in [1.165, 1.54) is 25.3 Å². The lowest BCUT2D eigenvalue weighted by Crippen LogP contribution is -2.31. The molecule has 0 aliphatic heterocycles. The molecule has 0 spiro atoms. The third-order valence-corrected chi connectivity index (χ3v) is 4.37. The molecule has 0 fully saturated rings. The number of halogens is 3. The van der Waals surface area contributed by atoms with Crippen LogP contribution in [0.4, 0.5) is 4.39 Å². The van der Waals surface area contributed by atoms with E-state index in [0.717, 1.165) is 4.47 Å². The highest BCUT2D eigenvalue weighted by Crippen LogP contribution is 2.22. The van der Waals surface area contributed by atoms with Crippen LogP contribution in [0.5, 0.6) is 0 Å². The van der Waals surface area contributed by atoms with E-state index in [0.29, 0.717) is 10.0 Å². The largest absolute Gasteiger partial charge is 0.469 e. The van der Waals surface area contributed by atoms with Crippen molar-refractivity contribution in [2.24, 2.45) is 0 Å². The number of carbonyl (C=O) groups excluding carboxylic acids is 2. The predicted molar refractivity (Wildman–Crippen MR) is 95.1 cm³/mol. The van der Waals surface area contributed by atoms with E-state index in [-0.39, 0.29) is 12.0 Å². The molecule has 1 N–H and O–H groups in total. The molecule has 0 aromatic heterocycles. The Morgan fingerprint density at radius 1 is 1.12 bits per heavy atom. The summed E-state index contributed by atoms with van der Waals surface area (Å²) in [5.41, 5.74) is 0.615. The molecule has 2 aromatic rings. The molecule has 24 heavy (non-hydrogen) atoms. The van der Waals surface area contributed by atoms with Gasteiger partial charge in [0.2, 0.25) is 0 Å². The molecule has 1 amide bonds. The molecule has 0 aliphatic rings. The number of ether oxygens (including phenoxy) is 1. The van der Waals surface area contributed by atoms with E-state index in [9.17, 15) is 14.0 Å². The predicted octanol–water partition coefficient (Wildman–Crippen LogP) is 4.38. The van der Waals surface area contributed by atoms with Crippen molar-refractivity contribution in [2.45, 2.75) is 12.5 Å². The SMILES string of the molecule is COC(=O)CC(NC(=O)c1cc(Br)ccc1F)c1ccc(Br)cc1. The minimum Gasteiger partial charge on any atom is -0.469 e. The van der Waals surface area contributed by atoms with Gasteiger partial charge in [-0.3, -0.25) is 9.59 Å². The summed E-state index contributed by atoms with van der Waals surface area (Å²) in [6.07, 6.45) is -0.0561. The molecule has 2 aromatic carbocycles. The van der Waals surface area contributed by atoms with Crippen molar-refractivity contribution in [1.29, 1.82) is 0 Å². The first kappa shape index (κ1) is 18.6. The van der Waals surface area contributed by atoms with E-state index in [2.05, 4.69) is 41.9 Å². The molecule has 2 rings (SSSR count). The number of methoxy groups -OCH3 is 1. The van der Waals surface area contributed by atoms with E-state index >= 15 is 0 Å². The van der Waals surface area contributed by atoms with Crippen LogP contribution in [0, 0.1) is 5.82 Å². The zero-order valence-electron chi connectivity index (χ0n) is 12.7. The van der Waals surface area contributed by atoms with Crippen molar-refractivity contribution in [3.8, 4) is 0 Å². The number of amides is 1. The van der Waals surface area contributed by atoms with Crippen LogP contribution in [0.2, 0.25) is 0 Å². The Labute approximate surface area is 155 Å². The zero-order chi connectivity index (χ0) is 17.7. The lowest BCUT2D eigenvalue weighted by atomic mass is 10.0. The van der Waals surface area contributed by atoms with Crippen molar-refractivity contribution in [3.63, 3.8) is 0 Å². The molecule has 0 saturated heterocycles. The van der Waals surface area contributed by atoms with Gasteiger partial charge >= 0.3 is 5.97 Å². The van der Waals surface area contributed by atoms with E-state index in [1.54, 1.807) is 24.3 Å². The van der Waals surface area contributed by atoms with Crippen LogP contribution in [0.15, 0.2) is 51.4 Å².